The second-order valence-electron chi connectivity index (χ2n) is 4.00. The molecule has 0 saturated carbocycles. The molecule has 2 aromatic rings. The van der Waals surface area contributed by atoms with Crippen LogP contribution in [-0.2, 0) is 0 Å². The number of hydrogen-bond acceptors (Lipinski definition) is 2. The van der Waals surface area contributed by atoms with Crippen molar-refractivity contribution >= 4 is 39.3 Å². The monoisotopic (exact) mass is 341 g/mol. The maximum atomic E-state index is 6.14. The van der Waals surface area contributed by atoms with Crippen LogP contribution in [0.15, 0.2) is 56.7 Å². The standard InChI is InChI=1S/C14H13BrClNS/c1-9(17)11-7-6-10(8-12(11)15)18-14-5-3-2-4-13(14)16/h2-9H,17H2,1H3/t9-/m0/s1. The average Bonchev–Trinajstić information content (AvgIpc) is 2.32. The lowest BCUT2D eigenvalue weighted by atomic mass is 10.1. The lowest BCUT2D eigenvalue weighted by Gasteiger charge is -2.10. The fraction of sp³-hybridized carbons (Fsp3) is 0.143. The van der Waals surface area contributed by atoms with Crippen molar-refractivity contribution in [3.05, 3.63) is 57.5 Å². The van der Waals surface area contributed by atoms with Gasteiger partial charge in [-0.3, -0.25) is 0 Å². The summed E-state index contributed by atoms with van der Waals surface area (Å²) in [7, 11) is 0. The summed E-state index contributed by atoms with van der Waals surface area (Å²) in [4.78, 5) is 2.19. The molecule has 0 radical (unpaired) electrons. The summed E-state index contributed by atoms with van der Waals surface area (Å²) in [5, 5.41) is 0.773. The highest BCUT2D eigenvalue weighted by atomic mass is 79.9. The van der Waals surface area contributed by atoms with Crippen LogP contribution in [0.2, 0.25) is 5.02 Å². The molecule has 0 aliphatic rings. The molecule has 2 rings (SSSR count). The van der Waals surface area contributed by atoms with E-state index in [-0.39, 0.29) is 6.04 Å². The van der Waals surface area contributed by atoms with Gasteiger partial charge in [0.05, 0.1) is 5.02 Å². The van der Waals surface area contributed by atoms with Gasteiger partial charge in [0, 0.05) is 20.3 Å². The predicted octanol–water partition coefficient (Wildman–Crippen LogP) is 5.27. The third-order valence-electron chi connectivity index (χ3n) is 2.53. The molecule has 2 aromatic carbocycles. The number of halogens is 2. The smallest absolute Gasteiger partial charge is 0.0545 e. The Morgan fingerprint density at radius 2 is 1.94 bits per heavy atom. The summed E-state index contributed by atoms with van der Waals surface area (Å²) in [5.41, 5.74) is 6.99. The number of hydrogen-bond donors (Lipinski definition) is 1. The van der Waals surface area contributed by atoms with Gasteiger partial charge in [0.25, 0.3) is 0 Å². The minimum atomic E-state index is 0.0266. The van der Waals surface area contributed by atoms with Gasteiger partial charge in [0.2, 0.25) is 0 Å². The highest BCUT2D eigenvalue weighted by molar-refractivity contribution is 9.10. The van der Waals surface area contributed by atoms with E-state index >= 15 is 0 Å². The topological polar surface area (TPSA) is 26.0 Å². The quantitative estimate of drug-likeness (QED) is 0.822. The Hall–Kier alpha value is -0.480. The van der Waals surface area contributed by atoms with Crippen molar-refractivity contribution in [2.24, 2.45) is 5.73 Å². The zero-order chi connectivity index (χ0) is 13.1. The second-order valence-corrected chi connectivity index (χ2v) is 6.38. The Kier molecular flexibility index (Phi) is 4.73. The van der Waals surface area contributed by atoms with Crippen molar-refractivity contribution in [1.29, 1.82) is 0 Å². The van der Waals surface area contributed by atoms with E-state index in [4.69, 9.17) is 17.3 Å². The Balaban J connectivity index is 2.26. The molecule has 0 heterocycles. The van der Waals surface area contributed by atoms with Gasteiger partial charge in [0.15, 0.2) is 0 Å². The molecule has 0 fully saturated rings. The van der Waals surface area contributed by atoms with Gasteiger partial charge >= 0.3 is 0 Å². The minimum Gasteiger partial charge on any atom is -0.324 e. The highest BCUT2D eigenvalue weighted by Crippen LogP contribution is 2.35. The second kappa shape index (κ2) is 6.11. The first-order valence-electron chi connectivity index (χ1n) is 5.55. The van der Waals surface area contributed by atoms with Gasteiger partial charge in [0.1, 0.15) is 0 Å². The van der Waals surface area contributed by atoms with Crippen molar-refractivity contribution < 1.29 is 0 Å². The van der Waals surface area contributed by atoms with Crippen molar-refractivity contribution in [3.63, 3.8) is 0 Å². The van der Waals surface area contributed by atoms with E-state index in [0.717, 1.165) is 24.8 Å². The van der Waals surface area contributed by atoms with Crippen molar-refractivity contribution in [1.82, 2.24) is 0 Å². The average molecular weight is 343 g/mol. The van der Waals surface area contributed by atoms with E-state index in [1.165, 1.54) is 0 Å². The maximum absolute atomic E-state index is 6.14. The molecule has 0 saturated heterocycles. The summed E-state index contributed by atoms with van der Waals surface area (Å²) < 4.78 is 1.04. The van der Waals surface area contributed by atoms with Crippen LogP contribution in [0.1, 0.15) is 18.5 Å². The first-order chi connectivity index (χ1) is 8.58. The van der Waals surface area contributed by atoms with Crippen LogP contribution in [0.5, 0.6) is 0 Å². The molecule has 94 valence electrons. The zero-order valence-electron chi connectivity index (χ0n) is 9.86. The summed E-state index contributed by atoms with van der Waals surface area (Å²) >= 11 is 11.3. The lowest BCUT2D eigenvalue weighted by Crippen LogP contribution is -2.05. The molecule has 0 aliphatic carbocycles. The molecule has 4 heteroatoms. The van der Waals surface area contributed by atoms with Crippen molar-refractivity contribution in [2.45, 2.75) is 22.8 Å². The van der Waals surface area contributed by atoms with Gasteiger partial charge in [-0.1, -0.05) is 57.5 Å². The molecule has 0 aliphatic heterocycles. The molecular weight excluding hydrogens is 330 g/mol. The van der Waals surface area contributed by atoms with Crippen LogP contribution in [0, 0.1) is 0 Å². The van der Waals surface area contributed by atoms with Crippen LogP contribution < -0.4 is 5.73 Å². The molecule has 0 bridgehead atoms. The van der Waals surface area contributed by atoms with Crippen LogP contribution in [0.25, 0.3) is 0 Å². The SMILES string of the molecule is C[C@H](N)c1ccc(Sc2ccccc2Cl)cc1Br. The predicted molar refractivity (Wildman–Crippen MR) is 82.3 cm³/mol. The maximum Gasteiger partial charge on any atom is 0.0545 e. The van der Waals surface area contributed by atoms with E-state index in [9.17, 15) is 0 Å². The molecule has 18 heavy (non-hydrogen) atoms. The first kappa shape index (κ1) is 13.9. The number of rotatable bonds is 3. The lowest BCUT2D eigenvalue weighted by molar-refractivity contribution is 0.811. The van der Waals surface area contributed by atoms with Crippen molar-refractivity contribution in [3.8, 4) is 0 Å². The van der Waals surface area contributed by atoms with Gasteiger partial charge < -0.3 is 5.73 Å². The van der Waals surface area contributed by atoms with Gasteiger partial charge in [-0.15, -0.1) is 0 Å². The minimum absolute atomic E-state index is 0.0266. The molecular formula is C14H13BrClNS. The Bertz CT molecular complexity index is 557. The summed E-state index contributed by atoms with van der Waals surface area (Å²) in [6, 6.07) is 14.0. The van der Waals surface area contributed by atoms with Crippen LogP contribution in [0.3, 0.4) is 0 Å². The van der Waals surface area contributed by atoms with E-state index in [1.807, 2.05) is 37.3 Å². The summed E-state index contributed by atoms with van der Waals surface area (Å²) in [6.45, 7) is 1.97. The van der Waals surface area contributed by atoms with Crippen molar-refractivity contribution in [2.75, 3.05) is 0 Å². The Labute approximate surface area is 125 Å². The molecule has 1 atom stereocenters. The van der Waals surface area contributed by atoms with Gasteiger partial charge in [-0.25, -0.2) is 0 Å². The van der Waals surface area contributed by atoms with Crippen LogP contribution in [-0.4, -0.2) is 0 Å². The van der Waals surface area contributed by atoms with Gasteiger partial charge in [-0.2, -0.15) is 0 Å². The van der Waals surface area contributed by atoms with Gasteiger partial charge in [-0.05, 0) is 36.8 Å². The molecule has 0 spiro atoms. The molecule has 1 nitrogen and oxygen atoms in total. The summed E-state index contributed by atoms with van der Waals surface area (Å²) in [6.07, 6.45) is 0. The van der Waals surface area contributed by atoms with Crippen LogP contribution >= 0.6 is 39.3 Å². The fourth-order valence-electron chi connectivity index (χ4n) is 1.60. The molecule has 0 aromatic heterocycles. The van der Waals surface area contributed by atoms with E-state index in [0.29, 0.717) is 0 Å². The number of nitrogens with two attached hydrogens (primary N) is 1. The third kappa shape index (κ3) is 3.29. The first-order valence-corrected chi connectivity index (χ1v) is 7.54. The Morgan fingerprint density at radius 3 is 2.56 bits per heavy atom. The normalized spacial score (nSPS) is 12.4. The molecule has 2 N–H and O–H groups in total. The molecule has 0 unspecified atom stereocenters. The van der Waals surface area contributed by atoms with E-state index in [2.05, 4.69) is 28.1 Å². The number of benzene rings is 2. The van der Waals surface area contributed by atoms with Crippen LogP contribution in [0.4, 0.5) is 0 Å². The fourth-order valence-corrected chi connectivity index (χ4v) is 3.62. The van der Waals surface area contributed by atoms with E-state index < -0.39 is 0 Å². The highest BCUT2D eigenvalue weighted by Gasteiger charge is 2.07. The van der Waals surface area contributed by atoms with E-state index in [1.54, 1.807) is 11.8 Å². The summed E-state index contributed by atoms with van der Waals surface area (Å²) in [5.74, 6) is 0. The zero-order valence-corrected chi connectivity index (χ0v) is 13.0. The largest absolute Gasteiger partial charge is 0.324 e. The third-order valence-corrected chi connectivity index (χ3v) is 4.72. The molecule has 0 amide bonds. The Morgan fingerprint density at radius 1 is 1.22 bits per heavy atom.